The highest BCUT2D eigenvalue weighted by molar-refractivity contribution is 7.17. The molecule has 4 rings (SSSR count). The summed E-state index contributed by atoms with van der Waals surface area (Å²) in [6, 6.07) is 17.0. The van der Waals surface area contributed by atoms with Crippen LogP contribution in [0.5, 0.6) is 0 Å². The normalized spacial score (nSPS) is 10.8. The van der Waals surface area contributed by atoms with Crippen molar-refractivity contribution in [3.8, 4) is 0 Å². The van der Waals surface area contributed by atoms with Crippen LogP contribution in [-0.2, 0) is 6.54 Å². The molecule has 2 heterocycles. The van der Waals surface area contributed by atoms with Crippen LogP contribution in [0.2, 0.25) is 5.02 Å². The van der Waals surface area contributed by atoms with Crippen LogP contribution >= 0.6 is 22.9 Å². The first-order chi connectivity index (χ1) is 13.6. The number of nitrogens with zero attached hydrogens (tertiary/aromatic N) is 2. The minimum atomic E-state index is -0.292. The van der Waals surface area contributed by atoms with Gasteiger partial charge >= 0.3 is 0 Å². The molecule has 0 aliphatic heterocycles. The van der Waals surface area contributed by atoms with E-state index in [2.05, 4.69) is 20.6 Å². The highest BCUT2D eigenvalue weighted by Gasteiger charge is 2.15. The predicted molar refractivity (Wildman–Crippen MR) is 114 cm³/mol. The number of carbonyl (C=O) groups is 1. The summed E-state index contributed by atoms with van der Waals surface area (Å²) in [5.74, 6) is 0.372. The molecule has 0 radical (unpaired) electrons. The van der Waals surface area contributed by atoms with Gasteiger partial charge in [0.05, 0.1) is 22.4 Å². The number of fused-ring (bicyclic) bond motifs is 1. The molecule has 140 valence electrons. The van der Waals surface area contributed by atoms with Gasteiger partial charge in [-0.15, -0.1) is 0 Å². The summed E-state index contributed by atoms with van der Waals surface area (Å²) in [5.41, 5.74) is 7.90. The predicted octanol–water partition coefficient (Wildman–Crippen LogP) is 4.80. The Morgan fingerprint density at radius 1 is 1.11 bits per heavy atom. The zero-order valence-electron chi connectivity index (χ0n) is 14.6. The molecule has 0 aliphatic rings. The van der Waals surface area contributed by atoms with Crippen LogP contribution in [-0.4, -0.2) is 15.9 Å². The van der Waals surface area contributed by atoms with E-state index in [9.17, 15) is 4.79 Å². The Labute approximate surface area is 170 Å². The highest BCUT2D eigenvalue weighted by Crippen LogP contribution is 2.28. The van der Waals surface area contributed by atoms with Gasteiger partial charge in [0.1, 0.15) is 10.7 Å². The molecule has 0 atom stereocenters. The van der Waals surface area contributed by atoms with E-state index in [1.165, 1.54) is 17.5 Å². The minimum Gasteiger partial charge on any atom is -0.326 e. The maximum atomic E-state index is 12.6. The van der Waals surface area contributed by atoms with Crippen molar-refractivity contribution in [3.63, 3.8) is 0 Å². The van der Waals surface area contributed by atoms with Crippen LogP contribution < -0.4 is 16.4 Å². The first-order valence-corrected chi connectivity index (χ1v) is 9.71. The van der Waals surface area contributed by atoms with Crippen molar-refractivity contribution < 1.29 is 4.79 Å². The van der Waals surface area contributed by atoms with E-state index in [0.717, 1.165) is 16.5 Å². The van der Waals surface area contributed by atoms with Gasteiger partial charge in [-0.2, -0.15) is 0 Å². The van der Waals surface area contributed by atoms with E-state index in [0.29, 0.717) is 26.5 Å². The number of nitrogens with one attached hydrogen (secondary N) is 2. The molecule has 0 saturated carbocycles. The lowest BCUT2D eigenvalue weighted by atomic mass is 10.1. The number of aromatic nitrogens is 2. The molecule has 2 aromatic carbocycles. The lowest BCUT2D eigenvalue weighted by molar-refractivity contribution is 0.103. The molecular weight excluding hydrogens is 394 g/mol. The van der Waals surface area contributed by atoms with Gasteiger partial charge in [0.25, 0.3) is 5.91 Å². The number of halogens is 1. The Hall–Kier alpha value is -3.00. The first kappa shape index (κ1) is 18.4. The third-order valence-electron chi connectivity index (χ3n) is 4.12. The van der Waals surface area contributed by atoms with Gasteiger partial charge in [-0.25, -0.2) is 9.97 Å². The van der Waals surface area contributed by atoms with Gasteiger partial charge in [0, 0.05) is 11.9 Å². The van der Waals surface area contributed by atoms with Crippen molar-refractivity contribution in [1.82, 2.24) is 9.97 Å². The van der Waals surface area contributed by atoms with Gasteiger partial charge in [-0.1, -0.05) is 53.3 Å². The van der Waals surface area contributed by atoms with Crippen LogP contribution in [0.15, 0.2) is 60.8 Å². The number of hydrogen-bond donors (Lipinski definition) is 3. The third kappa shape index (κ3) is 3.82. The maximum Gasteiger partial charge on any atom is 0.267 e. The number of thiazole rings is 1. The van der Waals surface area contributed by atoms with E-state index >= 15 is 0 Å². The average Bonchev–Trinajstić information content (AvgIpc) is 3.18. The standard InChI is InChI=1S/C20H16ClN5OS/c21-14-6-3-5-13(10-22)18(14)26-19(27)16-11-23-20(28-16)25-17-9-8-12-4-1-2-7-15(12)24-17/h1-9,11H,10,22H2,(H,26,27)(H,23,24,25). The van der Waals surface area contributed by atoms with Crippen molar-refractivity contribution in [3.05, 3.63) is 76.3 Å². The van der Waals surface area contributed by atoms with E-state index < -0.39 is 0 Å². The number of carbonyl (C=O) groups excluding carboxylic acids is 1. The van der Waals surface area contributed by atoms with E-state index in [-0.39, 0.29) is 12.5 Å². The molecule has 28 heavy (non-hydrogen) atoms. The Morgan fingerprint density at radius 2 is 1.96 bits per heavy atom. The highest BCUT2D eigenvalue weighted by atomic mass is 35.5. The number of rotatable bonds is 5. The SMILES string of the molecule is NCc1cccc(Cl)c1NC(=O)c1cnc(Nc2ccc3ccccc3n2)s1. The second-order valence-corrected chi connectivity index (χ2v) is 7.41. The van der Waals surface area contributed by atoms with Gasteiger partial charge in [0.2, 0.25) is 0 Å². The summed E-state index contributed by atoms with van der Waals surface area (Å²) in [4.78, 5) is 21.9. The molecule has 0 unspecified atom stereocenters. The Kier molecular flexibility index (Phi) is 5.21. The van der Waals surface area contributed by atoms with Crippen molar-refractivity contribution in [2.24, 2.45) is 5.73 Å². The fourth-order valence-electron chi connectivity index (χ4n) is 2.74. The van der Waals surface area contributed by atoms with E-state index in [1.807, 2.05) is 42.5 Å². The minimum absolute atomic E-state index is 0.277. The first-order valence-electron chi connectivity index (χ1n) is 8.51. The van der Waals surface area contributed by atoms with Crippen molar-refractivity contribution >= 4 is 56.4 Å². The molecule has 0 spiro atoms. The number of anilines is 3. The number of benzene rings is 2. The molecule has 0 aliphatic carbocycles. The second-order valence-electron chi connectivity index (χ2n) is 5.98. The van der Waals surface area contributed by atoms with Crippen LogP contribution in [0.3, 0.4) is 0 Å². The van der Waals surface area contributed by atoms with Crippen molar-refractivity contribution in [2.75, 3.05) is 10.6 Å². The van der Waals surface area contributed by atoms with Crippen LogP contribution in [0, 0.1) is 0 Å². The topological polar surface area (TPSA) is 92.9 Å². The molecule has 4 N–H and O–H groups in total. The summed E-state index contributed by atoms with van der Waals surface area (Å²) >= 11 is 7.43. The van der Waals surface area contributed by atoms with Crippen molar-refractivity contribution in [2.45, 2.75) is 6.54 Å². The average molecular weight is 410 g/mol. The Bertz CT molecular complexity index is 1160. The zero-order valence-corrected chi connectivity index (χ0v) is 16.2. The Balaban J connectivity index is 1.51. The zero-order chi connectivity index (χ0) is 19.5. The lowest BCUT2D eigenvalue weighted by Crippen LogP contribution is -2.13. The van der Waals surface area contributed by atoms with Gasteiger partial charge in [0.15, 0.2) is 5.13 Å². The number of nitrogens with two attached hydrogens (primary N) is 1. The molecule has 0 saturated heterocycles. The molecule has 4 aromatic rings. The number of pyridine rings is 1. The smallest absolute Gasteiger partial charge is 0.267 e. The third-order valence-corrected chi connectivity index (χ3v) is 5.35. The van der Waals surface area contributed by atoms with Crippen LogP contribution in [0.4, 0.5) is 16.6 Å². The summed E-state index contributed by atoms with van der Waals surface area (Å²) in [6.07, 6.45) is 1.52. The van der Waals surface area contributed by atoms with Gasteiger partial charge in [-0.3, -0.25) is 4.79 Å². The number of amides is 1. The van der Waals surface area contributed by atoms with Crippen LogP contribution in [0.1, 0.15) is 15.2 Å². The summed E-state index contributed by atoms with van der Waals surface area (Å²) in [7, 11) is 0. The molecule has 0 bridgehead atoms. The molecule has 1 amide bonds. The fraction of sp³-hybridized carbons (Fsp3) is 0.0500. The lowest BCUT2D eigenvalue weighted by Gasteiger charge is -2.10. The second kappa shape index (κ2) is 7.93. The Morgan fingerprint density at radius 3 is 2.82 bits per heavy atom. The number of para-hydroxylation sites is 2. The fourth-order valence-corrected chi connectivity index (χ4v) is 3.70. The molecule has 8 heteroatoms. The molecule has 2 aromatic heterocycles. The summed E-state index contributed by atoms with van der Waals surface area (Å²) in [5, 5.41) is 8.04. The van der Waals surface area contributed by atoms with E-state index in [1.54, 1.807) is 12.1 Å². The van der Waals surface area contributed by atoms with E-state index in [4.69, 9.17) is 17.3 Å². The molecular formula is C20H16ClN5OS. The molecule has 0 fully saturated rings. The summed E-state index contributed by atoms with van der Waals surface area (Å²) < 4.78 is 0. The molecule has 6 nitrogen and oxygen atoms in total. The maximum absolute atomic E-state index is 12.6. The van der Waals surface area contributed by atoms with Gasteiger partial charge < -0.3 is 16.4 Å². The quantitative estimate of drug-likeness (QED) is 0.440. The van der Waals surface area contributed by atoms with Gasteiger partial charge in [-0.05, 0) is 29.8 Å². The monoisotopic (exact) mass is 409 g/mol. The summed E-state index contributed by atoms with van der Waals surface area (Å²) in [6.45, 7) is 0.277. The van der Waals surface area contributed by atoms with Crippen molar-refractivity contribution in [1.29, 1.82) is 0 Å². The number of hydrogen-bond acceptors (Lipinski definition) is 6. The largest absolute Gasteiger partial charge is 0.326 e. The van der Waals surface area contributed by atoms with Crippen LogP contribution in [0.25, 0.3) is 10.9 Å².